The average Bonchev–Trinajstić information content (AvgIpc) is 2.45. The van der Waals surface area contributed by atoms with E-state index in [2.05, 4.69) is 19.6 Å². The molecule has 0 amide bonds. The van der Waals surface area contributed by atoms with Crippen molar-refractivity contribution in [2.45, 2.75) is 11.8 Å². The van der Waals surface area contributed by atoms with Crippen LogP contribution in [-0.2, 0) is 9.37 Å². The van der Waals surface area contributed by atoms with Crippen molar-refractivity contribution in [3.63, 3.8) is 0 Å². The molecule has 0 saturated heterocycles. The number of anilines is 2. The maximum absolute atomic E-state index is 9.93. The number of azo groups is 1. The Morgan fingerprint density at radius 1 is 1.05 bits per heavy atom. The molecule has 7 nitrogen and oxygen atoms in total. The van der Waals surface area contributed by atoms with Gasteiger partial charge in [0.25, 0.3) is 0 Å². The summed E-state index contributed by atoms with van der Waals surface area (Å²) in [6, 6.07) is 10.4. The smallest absolute Gasteiger partial charge is 0.691 e. The van der Waals surface area contributed by atoms with Gasteiger partial charge in [-0.2, -0.15) is 4.33 Å². The third-order valence-corrected chi connectivity index (χ3v) is 3.21. The maximum Gasteiger partial charge on any atom is 1.00 e. The normalized spacial score (nSPS) is 10.6. The van der Waals surface area contributed by atoms with Crippen molar-refractivity contribution < 1.29 is 44.2 Å². The van der Waals surface area contributed by atoms with Crippen LogP contribution in [0.1, 0.15) is 5.56 Å². The van der Waals surface area contributed by atoms with Gasteiger partial charge < -0.3 is 16.7 Å². The Labute approximate surface area is 154 Å². The fraction of sp³-hybridized carbons (Fsp3) is 0.0769. The van der Waals surface area contributed by atoms with E-state index >= 15 is 0 Å². The van der Waals surface area contributed by atoms with Crippen molar-refractivity contribution in [3.05, 3.63) is 42.0 Å². The minimum absolute atomic E-state index is 0. The molecule has 0 fully saturated rings. The number of aryl methyl sites for hydroxylation is 1. The van der Waals surface area contributed by atoms with Crippen LogP contribution in [0.25, 0.3) is 0 Å². The molecule has 0 radical (unpaired) electrons. The fourth-order valence-corrected chi connectivity index (χ4v) is 2.12. The van der Waals surface area contributed by atoms with Crippen LogP contribution < -0.4 is 46.3 Å². The summed E-state index contributed by atoms with van der Waals surface area (Å²) >= 11 is 0.763. The molecule has 0 aliphatic carbocycles. The van der Waals surface area contributed by atoms with Gasteiger partial charge >= 0.3 is 29.6 Å². The van der Waals surface area contributed by atoms with Crippen molar-refractivity contribution in [1.82, 2.24) is 0 Å². The zero-order valence-corrected chi connectivity index (χ0v) is 15.0. The quantitative estimate of drug-likeness (QED) is 0.196. The van der Waals surface area contributed by atoms with E-state index < -0.39 is 0 Å². The topological polar surface area (TPSA) is 118 Å². The van der Waals surface area contributed by atoms with Gasteiger partial charge in [0.1, 0.15) is 11.4 Å². The van der Waals surface area contributed by atoms with E-state index in [0.29, 0.717) is 27.6 Å². The number of benzene rings is 2. The van der Waals surface area contributed by atoms with E-state index in [0.717, 1.165) is 17.6 Å². The maximum atomic E-state index is 9.93. The Morgan fingerprint density at radius 3 is 2.41 bits per heavy atom. The number of nitrogens with zero attached hydrogens (tertiary/aromatic N) is 2. The first-order chi connectivity index (χ1) is 10.1. The summed E-state index contributed by atoms with van der Waals surface area (Å²) in [5.41, 5.74) is 14.4. The van der Waals surface area contributed by atoms with Gasteiger partial charge in [-0.15, -0.1) is 10.2 Å². The summed E-state index contributed by atoms with van der Waals surface area (Å²) in [7, 11) is 0. The molecular weight excluding hydrogens is 315 g/mol. The molecule has 0 heterocycles. The van der Waals surface area contributed by atoms with Gasteiger partial charge in [0.05, 0.1) is 22.6 Å². The second-order valence-corrected chi connectivity index (χ2v) is 4.95. The average molecular weight is 328 g/mol. The summed E-state index contributed by atoms with van der Waals surface area (Å²) in [5, 5.41) is 21.5. The van der Waals surface area contributed by atoms with E-state index in [1.165, 1.54) is 0 Å². The monoisotopic (exact) mass is 328 g/mol. The molecule has 0 aliphatic rings. The van der Waals surface area contributed by atoms with E-state index in [9.17, 15) is 5.26 Å². The first-order valence-electron chi connectivity index (χ1n) is 5.90. The van der Waals surface area contributed by atoms with Crippen LogP contribution in [0.2, 0.25) is 0 Å². The minimum Gasteiger partial charge on any atom is -0.691 e. The third-order valence-electron chi connectivity index (χ3n) is 2.58. The van der Waals surface area contributed by atoms with Gasteiger partial charge in [0, 0.05) is 5.69 Å². The molecule has 4 N–H and O–H groups in total. The summed E-state index contributed by atoms with van der Waals surface area (Å²) < 4.78 is 4.32. The van der Waals surface area contributed by atoms with E-state index in [1.807, 2.05) is 13.0 Å². The van der Waals surface area contributed by atoms with Crippen molar-refractivity contribution in [2.75, 3.05) is 11.5 Å². The van der Waals surface area contributed by atoms with Gasteiger partial charge in [-0.25, -0.2) is 0 Å². The minimum atomic E-state index is 0. The molecule has 2 aromatic carbocycles. The van der Waals surface area contributed by atoms with Crippen LogP contribution in [0.5, 0.6) is 0 Å². The number of nitrogens with two attached hydrogens (primary N) is 2. The molecule has 2 aromatic rings. The first-order valence-corrected chi connectivity index (χ1v) is 6.65. The van der Waals surface area contributed by atoms with Crippen molar-refractivity contribution in [3.8, 4) is 0 Å². The van der Waals surface area contributed by atoms with Crippen molar-refractivity contribution in [1.29, 1.82) is 0 Å². The summed E-state index contributed by atoms with van der Waals surface area (Å²) in [6.07, 6.45) is 0. The number of hydrogen-bond donors (Lipinski definition) is 2. The van der Waals surface area contributed by atoms with Crippen molar-refractivity contribution in [2.24, 2.45) is 10.2 Å². The van der Waals surface area contributed by atoms with Crippen LogP contribution in [0.3, 0.4) is 0 Å². The van der Waals surface area contributed by atoms with Gasteiger partial charge in [0.15, 0.2) is 0 Å². The zero-order chi connectivity index (χ0) is 15.2. The van der Waals surface area contributed by atoms with Crippen LogP contribution in [0.15, 0.2) is 51.5 Å². The summed E-state index contributed by atoms with van der Waals surface area (Å²) in [6.45, 7) is 1.90. The van der Waals surface area contributed by atoms with Crippen LogP contribution in [-0.4, -0.2) is 0 Å². The number of hydrogen-bond acceptors (Lipinski definition) is 8. The Bertz CT molecular complexity index is 670. The summed E-state index contributed by atoms with van der Waals surface area (Å²) in [5.74, 6) is 0. The van der Waals surface area contributed by atoms with Crippen LogP contribution in [0, 0.1) is 6.92 Å². The SMILES string of the molecule is Cc1ccc(N=Nc2ccc(N)cc2N)c(SOO[O-])c1.[Na+]. The second-order valence-electron chi connectivity index (χ2n) is 4.21. The molecular formula is C13H13N4NaO3S. The van der Waals surface area contributed by atoms with Crippen molar-refractivity contribution >= 4 is 34.8 Å². The Hall–Kier alpha value is -1.13. The van der Waals surface area contributed by atoms with E-state index in [-0.39, 0.29) is 29.6 Å². The molecule has 110 valence electrons. The largest absolute Gasteiger partial charge is 1.00 e. The molecule has 0 aliphatic heterocycles. The summed E-state index contributed by atoms with van der Waals surface area (Å²) in [4.78, 5) is 0.601. The predicted octanol–water partition coefficient (Wildman–Crippen LogP) is -0.191. The van der Waals surface area contributed by atoms with Crippen LogP contribution >= 0.6 is 12.0 Å². The Balaban J connectivity index is 0.00000242. The third kappa shape index (κ3) is 5.25. The Kier molecular flexibility index (Phi) is 7.83. The fourth-order valence-electron chi connectivity index (χ4n) is 1.59. The molecule has 0 unspecified atom stereocenters. The van der Waals surface area contributed by atoms with Gasteiger partial charge in [-0.05, 0) is 42.8 Å². The number of rotatable bonds is 5. The molecule has 0 saturated carbocycles. The van der Waals surface area contributed by atoms with Gasteiger partial charge in [0.2, 0.25) is 0 Å². The molecule has 2 rings (SSSR count). The van der Waals surface area contributed by atoms with Gasteiger partial charge in [-0.3, -0.25) is 5.04 Å². The Morgan fingerprint density at radius 2 is 1.73 bits per heavy atom. The van der Waals surface area contributed by atoms with Crippen LogP contribution in [0.4, 0.5) is 22.7 Å². The first kappa shape index (κ1) is 18.9. The molecule has 0 aromatic heterocycles. The number of nitrogen functional groups attached to an aromatic ring is 2. The van der Waals surface area contributed by atoms with E-state index in [4.69, 9.17) is 11.5 Å². The van der Waals surface area contributed by atoms with E-state index in [1.54, 1.807) is 30.3 Å². The van der Waals surface area contributed by atoms with Gasteiger partial charge in [-0.1, -0.05) is 6.07 Å². The molecule has 0 atom stereocenters. The molecule has 22 heavy (non-hydrogen) atoms. The second kappa shape index (κ2) is 9.11. The predicted molar refractivity (Wildman–Crippen MR) is 78.6 cm³/mol. The molecule has 0 spiro atoms. The standard InChI is InChI=1S/C13H14N4O3S.Na/c1-8-2-4-12(13(6-8)21-20-19-18)17-16-11-5-3-9(14)7-10(11)15;/h2-7,18H,14-15H2,1H3;/q;+1/p-1. The molecule has 9 heteroatoms. The zero-order valence-electron chi connectivity index (χ0n) is 12.1. The molecule has 0 bridgehead atoms.